The average Bonchev–Trinajstić information content (AvgIpc) is 3.78. The monoisotopic (exact) mass is 916 g/mol. The van der Waals surface area contributed by atoms with Gasteiger partial charge in [-0.25, -0.2) is 9.78 Å². The lowest BCUT2D eigenvalue weighted by molar-refractivity contribution is -0.151. The third kappa shape index (κ3) is 15.3. The molecule has 3 aromatic rings. The number of amides is 6. The van der Waals surface area contributed by atoms with Crippen LogP contribution in [0.3, 0.4) is 0 Å². The second-order valence-corrected chi connectivity index (χ2v) is 16.9. The fraction of sp³-hybridized carbons (Fsp3) is 0.489. The summed E-state index contributed by atoms with van der Waals surface area (Å²) in [5.41, 5.74) is 18.6. The molecule has 2 aromatic carbocycles. The number of nitrogens with zero attached hydrogens (tertiary/aromatic N) is 3. The van der Waals surface area contributed by atoms with E-state index in [1.54, 1.807) is 63.2 Å². The number of aromatic amines is 1. The fourth-order valence-electron chi connectivity index (χ4n) is 7.26. The number of aromatic hydroxyl groups is 1. The van der Waals surface area contributed by atoms with E-state index in [1.807, 2.05) is 6.92 Å². The molecule has 21 heteroatoms. The molecule has 14 N–H and O–H groups in total. The van der Waals surface area contributed by atoms with Gasteiger partial charge in [-0.3, -0.25) is 33.8 Å². The van der Waals surface area contributed by atoms with Crippen LogP contribution in [-0.4, -0.2) is 128 Å². The van der Waals surface area contributed by atoms with Gasteiger partial charge in [-0.1, -0.05) is 76.6 Å². The van der Waals surface area contributed by atoms with Gasteiger partial charge in [-0.15, -0.1) is 0 Å². The van der Waals surface area contributed by atoms with Crippen LogP contribution in [0.25, 0.3) is 0 Å². The Labute approximate surface area is 383 Å². The van der Waals surface area contributed by atoms with Crippen molar-refractivity contribution in [3.05, 3.63) is 83.9 Å². The summed E-state index contributed by atoms with van der Waals surface area (Å²) in [7, 11) is 0. The molecule has 1 aliphatic heterocycles. The summed E-state index contributed by atoms with van der Waals surface area (Å²) in [4.78, 5) is 108. The van der Waals surface area contributed by atoms with Gasteiger partial charge in [0.15, 0.2) is 5.96 Å². The number of carboxylic acid groups (broad SMARTS) is 1. The number of aliphatic carboxylic acids is 1. The lowest BCUT2D eigenvalue weighted by Gasteiger charge is -2.42. The molecule has 0 aliphatic carbocycles. The number of rotatable bonds is 25. The van der Waals surface area contributed by atoms with Crippen molar-refractivity contribution in [3.8, 4) is 5.75 Å². The lowest BCUT2D eigenvalue weighted by atomic mass is 9.95. The van der Waals surface area contributed by atoms with Crippen molar-refractivity contribution in [2.45, 2.75) is 115 Å². The number of aromatic nitrogens is 2. The minimum Gasteiger partial charge on any atom is -0.508 e. The minimum absolute atomic E-state index is 0.0218. The maximum absolute atomic E-state index is 14.4. The number of nitrogens with two attached hydrogens (primary N) is 3. The number of hydrogen-bond donors (Lipinski definition) is 11. The van der Waals surface area contributed by atoms with Crippen LogP contribution in [0.5, 0.6) is 5.75 Å². The molecule has 4 rings (SSSR count). The second-order valence-electron chi connectivity index (χ2n) is 16.9. The normalized spacial score (nSPS) is 16.5. The van der Waals surface area contributed by atoms with Gasteiger partial charge in [0.05, 0.1) is 12.4 Å². The standard InChI is InChI=1S/C45H64N12O9/c1-5-26(4)37(56-39(60)32(20-28-13-15-30(58)16-14-28)52-41(62)36(25(2)3)55-38(59)31(46)12-9-18-50-45(47)48)42(63)53-33(22-29-23-49-24-51-29)43(64)57-19-17-35(57)40(61)54-34(44(65)66)21-27-10-7-6-8-11-27/h6-8,10-11,13-16,23-26,31-37,58H,5,9,12,17-22,46H2,1-4H3,(H,49,51)(H,52,62)(H,53,63)(H,54,61)(H,55,59)(H,56,60)(H,65,66)(H4,47,48,50)/t26?,31-,32-,33-,34-,35-,36-,37-/m0/s1. The van der Waals surface area contributed by atoms with E-state index >= 15 is 0 Å². The molecule has 1 fully saturated rings. The summed E-state index contributed by atoms with van der Waals surface area (Å²) in [6.45, 7) is 7.39. The molecule has 358 valence electrons. The van der Waals surface area contributed by atoms with Gasteiger partial charge < -0.3 is 63.9 Å². The van der Waals surface area contributed by atoms with Crippen LogP contribution in [0.1, 0.15) is 70.2 Å². The highest BCUT2D eigenvalue weighted by atomic mass is 16.4. The number of carbonyl (C=O) groups is 7. The summed E-state index contributed by atoms with van der Waals surface area (Å²) in [5, 5.41) is 33.4. The van der Waals surface area contributed by atoms with Crippen LogP contribution < -0.4 is 43.8 Å². The zero-order valence-electron chi connectivity index (χ0n) is 37.7. The summed E-state index contributed by atoms with van der Waals surface area (Å²) in [6, 6.07) is 6.64. The minimum atomic E-state index is -1.30. The van der Waals surface area contributed by atoms with Crippen LogP contribution in [-0.2, 0) is 52.8 Å². The fourth-order valence-corrected chi connectivity index (χ4v) is 7.26. The number of guanidine groups is 1. The Hall–Kier alpha value is -7.03. The quantitative estimate of drug-likeness (QED) is 0.0286. The first-order chi connectivity index (χ1) is 31.4. The van der Waals surface area contributed by atoms with Gasteiger partial charge in [0.25, 0.3) is 0 Å². The number of nitrogens with one attached hydrogen (secondary N) is 6. The number of carbonyl (C=O) groups excluding carboxylic acids is 6. The van der Waals surface area contributed by atoms with Gasteiger partial charge >= 0.3 is 5.97 Å². The highest BCUT2D eigenvalue weighted by molar-refractivity contribution is 5.98. The number of carboxylic acids is 1. The predicted octanol–water partition coefficient (Wildman–Crippen LogP) is -0.664. The van der Waals surface area contributed by atoms with E-state index in [-0.39, 0.29) is 56.9 Å². The van der Waals surface area contributed by atoms with E-state index in [0.717, 1.165) is 0 Å². The van der Waals surface area contributed by atoms with Gasteiger partial charge in [0.2, 0.25) is 35.4 Å². The maximum atomic E-state index is 14.4. The first-order valence-electron chi connectivity index (χ1n) is 22.0. The average molecular weight is 917 g/mol. The van der Waals surface area contributed by atoms with Gasteiger partial charge in [0.1, 0.15) is 42.0 Å². The van der Waals surface area contributed by atoms with Crippen molar-refractivity contribution in [2.75, 3.05) is 13.1 Å². The molecule has 8 atom stereocenters. The van der Waals surface area contributed by atoms with E-state index in [2.05, 4.69) is 41.5 Å². The van der Waals surface area contributed by atoms with Crippen molar-refractivity contribution in [3.63, 3.8) is 0 Å². The summed E-state index contributed by atoms with van der Waals surface area (Å²) >= 11 is 0. The molecular weight excluding hydrogens is 853 g/mol. The van der Waals surface area contributed by atoms with E-state index < -0.39 is 95.5 Å². The third-order valence-electron chi connectivity index (χ3n) is 11.4. The molecule has 1 saturated heterocycles. The third-order valence-corrected chi connectivity index (χ3v) is 11.4. The summed E-state index contributed by atoms with van der Waals surface area (Å²) in [5.74, 6) is -6.33. The van der Waals surface area contributed by atoms with Crippen LogP contribution in [0.15, 0.2) is 72.1 Å². The van der Waals surface area contributed by atoms with E-state index in [1.165, 1.54) is 29.6 Å². The molecular formula is C45H64N12O9. The molecule has 2 heterocycles. The molecule has 1 aliphatic rings. The number of benzene rings is 2. The van der Waals surface area contributed by atoms with E-state index in [0.29, 0.717) is 29.7 Å². The number of likely N-dealkylation sites (tertiary alicyclic amines) is 1. The van der Waals surface area contributed by atoms with Crippen molar-refractivity contribution in [1.82, 2.24) is 41.5 Å². The Morgan fingerprint density at radius 2 is 1.42 bits per heavy atom. The largest absolute Gasteiger partial charge is 0.508 e. The molecule has 0 saturated carbocycles. The first kappa shape index (κ1) is 51.6. The number of imidazole rings is 1. The van der Waals surface area contributed by atoms with Gasteiger partial charge in [-0.05, 0) is 54.4 Å². The maximum Gasteiger partial charge on any atom is 0.326 e. The zero-order valence-corrected chi connectivity index (χ0v) is 37.7. The Morgan fingerprint density at radius 1 is 0.803 bits per heavy atom. The van der Waals surface area contributed by atoms with Gasteiger partial charge in [0, 0.05) is 44.2 Å². The van der Waals surface area contributed by atoms with Crippen LogP contribution in [0.4, 0.5) is 0 Å². The summed E-state index contributed by atoms with van der Waals surface area (Å²) < 4.78 is 0. The lowest BCUT2D eigenvalue weighted by Crippen LogP contribution is -2.65. The van der Waals surface area contributed by atoms with Crippen LogP contribution in [0.2, 0.25) is 0 Å². The molecule has 0 radical (unpaired) electrons. The highest BCUT2D eigenvalue weighted by Gasteiger charge is 2.43. The molecule has 66 heavy (non-hydrogen) atoms. The molecule has 1 unspecified atom stereocenters. The molecule has 1 aromatic heterocycles. The van der Waals surface area contributed by atoms with E-state index in [9.17, 15) is 43.8 Å². The summed E-state index contributed by atoms with van der Waals surface area (Å²) in [6.07, 6.45) is 4.06. The topological polar surface area (TPSA) is 342 Å². The van der Waals surface area contributed by atoms with Crippen molar-refractivity contribution >= 4 is 47.4 Å². The highest BCUT2D eigenvalue weighted by Crippen LogP contribution is 2.21. The number of phenols is 1. The first-order valence-corrected chi connectivity index (χ1v) is 22.0. The van der Waals surface area contributed by atoms with E-state index in [4.69, 9.17) is 17.2 Å². The number of hydrogen-bond acceptors (Lipinski definition) is 11. The SMILES string of the molecule is CCC(C)[C@H](NC(=O)[C@H](Cc1ccc(O)cc1)NC(=O)[C@@H](NC(=O)[C@@H](N)CCCN=C(N)N)C(C)C)C(=O)N[C@@H](Cc1cnc[nH]1)C(=O)N1CC[C@H]1C(=O)N[C@@H](Cc1ccccc1)C(=O)O. The molecule has 21 nitrogen and oxygen atoms in total. The van der Waals surface area contributed by atoms with Crippen LogP contribution >= 0.6 is 0 Å². The molecule has 0 spiro atoms. The van der Waals surface area contributed by atoms with Crippen LogP contribution in [0, 0.1) is 11.8 Å². The Balaban J connectivity index is 1.53. The van der Waals surface area contributed by atoms with Crippen molar-refractivity contribution in [2.24, 2.45) is 34.0 Å². The molecule has 0 bridgehead atoms. The number of phenolic OH excluding ortho intramolecular Hbond substituents is 1. The smallest absolute Gasteiger partial charge is 0.326 e. The number of H-pyrrole nitrogens is 1. The second kappa shape index (κ2) is 24.9. The predicted molar refractivity (Wildman–Crippen MR) is 244 cm³/mol. The van der Waals surface area contributed by atoms with Crippen molar-refractivity contribution in [1.29, 1.82) is 0 Å². The van der Waals surface area contributed by atoms with Crippen molar-refractivity contribution < 1.29 is 43.8 Å². The van der Waals surface area contributed by atoms with Gasteiger partial charge in [-0.2, -0.15) is 0 Å². The Kier molecular flexibility index (Phi) is 19.4. The number of aliphatic imine (C=N–C) groups is 1. The molecule has 6 amide bonds. The Bertz CT molecular complexity index is 2130. The Morgan fingerprint density at radius 3 is 2.00 bits per heavy atom. The zero-order chi connectivity index (χ0) is 48.5.